The standard InChI is InChI=1S/C11H7BrF3NO2S2/c1-5-8(4-9(12)19-5)20(17,18)16-7-3-2-6(13)10(14)11(7)15/h2-4,16H,1H3. The average molecular weight is 386 g/mol. The molecule has 1 heterocycles. The van der Waals surface area contributed by atoms with Crippen LogP contribution in [0.4, 0.5) is 18.9 Å². The molecular weight excluding hydrogens is 379 g/mol. The van der Waals surface area contributed by atoms with Crippen LogP contribution < -0.4 is 4.72 Å². The van der Waals surface area contributed by atoms with E-state index in [1.165, 1.54) is 17.4 Å². The number of sulfonamides is 1. The Bertz CT molecular complexity index is 774. The smallest absolute Gasteiger partial charge is 0.263 e. The van der Waals surface area contributed by atoms with Crippen LogP contribution in [0.3, 0.4) is 0 Å². The first-order chi connectivity index (χ1) is 9.22. The molecule has 0 aliphatic carbocycles. The van der Waals surface area contributed by atoms with E-state index in [1.807, 2.05) is 4.72 Å². The van der Waals surface area contributed by atoms with Crippen molar-refractivity contribution in [2.45, 2.75) is 11.8 Å². The summed E-state index contributed by atoms with van der Waals surface area (Å²) >= 11 is 4.33. The summed E-state index contributed by atoms with van der Waals surface area (Å²) < 4.78 is 66.0. The van der Waals surface area contributed by atoms with E-state index < -0.39 is 33.2 Å². The van der Waals surface area contributed by atoms with Crippen molar-refractivity contribution in [1.82, 2.24) is 0 Å². The molecule has 0 atom stereocenters. The van der Waals surface area contributed by atoms with Crippen molar-refractivity contribution in [1.29, 1.82) is 0 Å². The molecule has 0 amide bonds. The monoisotopic (exact) mass is 385 g/mol. The van der Waals surface area contributed by atoms with Crippen LogP contribution in [0.15, 0.2) is 26.9 Å². The molecular formula is C11H7BrF3NO2S2. The van der Waals surface area contributed by atoms with Gasteiger partial charge in [-0.3, -0.25) is 4.72 Å². The molecule has 108 valence electrons. The van der Waals surface area contributed by atoms with Crippen LogP contribution in [0.25, 0.3) is 0 Å². The van der Waals surface area contributed by atoms with Gasteiger partial charge < -0.3 is 0 Å². The zero-order valence-corrected chi connectivity index (χ0v) is 13.1. The van der Waals surface area contributed by atoms with Crippen LogP contribution in [0.2, 0.25) is 0 Å². The first kappa shape index (κ1) is 15.3. The summed E-state index contributed by atoms with van der Waals surface area (Å²) in [5.41, 5.74) is -0.648. The normalized spacial score (nSPS) is 11.7. The summed E-state index contributed by atoms with van der Waals surface area (Å²) in [4.78, 5) is 0.422. The lowest BCUT2D eigenvalue weighted by Crippen LogP contribution is -2.15. The largest absolute Gasteiger partial charge is 0.277 e. The van der Waals surface area contributed by atoms with Gasteiger partial charge in [-0.15, -0.1) is 11.3 Å². The van der Waals surface area contributed by atoms with Crippen LogP contribution in [0.1, 0.15) is 4.88 Å². The Balaban J connectivity index is 2.44. The Morgan fingerprint density at radius 3 is 2.40 bits per heavy atom. The highest BCUT2D eigenvalue weighted by Crippen LogP contribution is 2.31. The van der Waals surface area contributed by atoms with E-state index in [0.717, 1.165) is 6.07 Å². The van der Waals surface area contributed by atoms with Crippen molar-refractivity contribution < 1.29 is 21.6 Å². The fourth-order valence-electron chi connectivity index (χ4n) is 1.50. The molecule has 2 rings (SSSR count). The molecule has 0 bridgehead atoms. The van der Waals surface area contributed by atoms with Gasteiger partial charge in [-0.2, -0.15) is 0 Å². The van der Waals surface area contributed by atoms with Gasteiger partial charge in [0.2, 0.25) is 0 Å². The molecule has 3 nitrogen and oxygen atoms in total. The number of anilines is 1. The van der Waals surface area contributed by atoms with Crippen molar-refractivity contribution in [3.63, 3.8) is 0 Å². The number of aryl methyl sites for hydroxylation is 1. The third kappa shape index (κ3) is 2.84. The van der Waals surface area contributed by atoms with Crippen molar-refractivity contribution in [2.75, 3.05) is 4.72 Å². The van der Waals surface area contributed by atoms with Gasteiger partial charge >= 0.3 is 0 Å². The highest BCUT2D eigenvalue weighted by molar-refractivity contribution is 9.11. The lowest BCUT2D eigenvalue weighted by atomic mass is 10.3. The number of nitrogens with one attached hydrogen (secondary N) is 1. The summed E-state index contributed by atoms with van der Waals surface area (Å²) in [6.07, 6.45) is 0. The minimum Gasteiger partial charge on any atom is -0.277 e. The summed E-state index contributed by atoms with van der Waals surface area (Å²) in [5, 5.41) is 0. The number of hydrogen-bond acceptors (Lipinski definition) is 3. The highest BCUT2D eigenvalue weighted by atomic mass is 79.9. The van der Waals surface area contributed by atoms with Crippen LogP contribution in [0.5, 0.6) is 0 Å². The number of halogens is 4. The minimum atomic E-state index is -4.07. The van der Waals surface area contributed by atoms with E-state index in [0.29, 0.717) is 14.7 Å². The Hall–Kier alpha value is -1.06. The fourth-order valence-corrected chi connectivity index (χ4v) is 4.98. The first-order valence-corrected chi connectivity index (χ1v) is 8.24. The maximum Gasteiger partial charge on any atom is 0.263 e. The van der Waals surface area contributed by atoms with E-state index >= 15 is 0 Å². The van der Waals surface area contributed by atoms with Gasteiger partial charge in [-0.25, -0.2) is 21.6 Å². The third-order valence-corrected chi connectivity index (χ3v) is 5.59. The SMILES string of the molecule is Cc1sc(Br)cc1S(=O)(=O)Nc1ccc(F)c(F)c1F. The molecule has 0 saturated heterocycles. The predicted molar refractivity (Wildman–Crippen MR) is 73.9 cm³/mol. The van der Waals surface area contributed by atoms with Crippen molar-refractivity contribution >= 4 is 43.0 Å². The maximum atomic E-state index is 13.5. The van der Waals surface area contributed by atoms with E-state index in [2.05, 4.69) is 15.9 Å². The molecule has 9 heteroatoms. The molecule has 1 aromatic carbocycles. The number of rotatable bonds is 3. The molecule has 0 spiro atoms. The van der Waals surface area contributed by atoms with E-state index in [1.54, 1.807) is 6.92 Å². The number of benzene rings is 1. The maximum absolute atomic E-state index is 13.5. The lowest BCUT2D eigenvalue weighted by Gasteiger charge is -2.09. The van der Waals surface area contributed by atoms with E-state index in [4.69, 9.17) is 0 Å². The third-order valence-electron chi connectivity index (χ3n) is 2.41. The highest BCUT2D eigenvalue weighted by Gasteiger charge is 2.23. The molecule has 0 fully saturated rings. The minimum absolute atomic E-state index is 0.0569. The first-order valence-electron chi connectivity index (χ1n) is 5.14. The summed E-state index contributed by atoms with van der Waals surface area (Å²) in [5.74, 6) is -4.70. The van der Waals surface area contributed by atoms with Crippen molar-refractivity contribution in [3.8, 4) is 0 Å². The second kappa shape index (κ2) is 5.38. The van der Waals surface area contributed by atoms with Gasteiger partial charge in [-0.05, 0) is 41.1 Å². The van der Waals surface area contributed by atoms with Crippen LogP contribution in [-0.4, -0.2) is 8.42 Å². The molecule has 0 saturated carbocycles. The van der Waals surface area contributed by atoms with Gasteiger partial charge in [-0.1, -0.05) is 0 Å². The van der Waals surface area contributed by atoms with Gasteiger partial charge in [0.15, 0.2) is 17.5 Å². The van der Waals surface area contributed by atoms with Gasteiger partial charge in [0, 0.05) is 4.88 Å². The van der Waals surface area contributed by atoms with E-state index in [9.17, 15) is 21.6 Å². The van der Waals surface area contributed by atoms with Crippen LogP contribution in [0, 0.1) is 24.4 Å². The van der Waals surface area contributed by atoms with Crippen LogP contribution in [-0.2, 0) is 10.0 Å². The molecule has 1 N–H and O–H groups in total. The summed E-state index contributed by atoms with van der Waals surface area (Å²) in [6, 6.07) is 2.81. The zero-order chi connectivity index (χ0) is 15.1. The fraction of sp³-hybridized carbons (Fsp3) is 0.0909. The topological polar surface area (TPSA) is 46.2 Å². The molecule has 0 aliphatic heterocycles. The van der Waals surface area contributed by atoms with Gasteiger partial charge in [0.25, 0.3) is 10.0 Å². The Morgan fingerprint density at radius 1 is 1.20 bits per heavy atom. The Morgan fingerprint density at radius 2 is 1.85 bits per heavy atom. The molecule has 20 heavy (non-hydrogen) atoms. The molecule has 0 unspecified atom stereocenters. The van der Waals surface area contributed by atoms with Crippen LogP contribution >= 0.6 is 27.3 Å². The lowest BCUT2D eigenvalue weighted by molar-refractivity contribution is 0.449. The Kier molecular flexibility index (Phi) is 4.12. The Labute approximate surface area is 125 Å². The number of thiophene rings is 1. The predicted octanol–water partition coefficient (Wildman–Crippen LogP) is 4.04. The average Bonchev–Trinajstić information content (AvgIpc) is 2.70. The van der Waals surface area contributed by atoms with Gasteiger partial charge in [0.05, 0.1) is 9.47 Å². The van der Waals surface area contributed by atoms with Crippen molar-refractivity contribution in [3.05, 3.63) is 44.3 Å². The van der Waals surface area contributed by atoms with E-state index in [-0.39, 0.29) is 4.90 Å². The molecule has 1 aromatic heterocycles. The summed E-state index contributed by atoms with van der Waals surface area (Å²) in [7, 11) is -4.07. The zero-order valence-electron chi connectivity index (χ0n) is 9.88. The summed E-state index contributed by atoms with van der Waals surface area (Å²) in [6.45, 7) is 1.57. The molecule has 2 aromatic rings. The molecule has 0 aliphatic rings. The quantitative estimate of drug-likeness (QED) is 0.810. The van der Waals surface area contributed by atoms with Crippen molar-refractivity contribution in [2.24, 2.45) is 0 Å². The van der Waals surface area contributed by atoms with Gasteiger partial charge in [0.1, 0.15) is 4.90 Å². The second-order valence-corrected chi connectivity index (χ2v) is 8.09. The second-order valence-electron chi connectivity index (χ2n) is 3.80. The number of hydrogen-bond donors (Lipinski definition) is 1. The molecule has 0 radical (unpaired) electrons.